The molecule has 6 rings (SSSR count). The smallest absolute Gasteiger partial charge is 0.254 e. The molecule has 0 saturated carbocycles. The Bertz CT molecular complexity index is 1330. The standard InChI is InChI=1S/C28H28FN3O4S/c29-21-4-1-3-19(15-21)27-22-8-14-37-25(22)7-11-32(27)17-26(33)30-9-2-10-31(13-12-30)28(34)20-5-6-23-24(16-20)36-18-35-23/h1,3-6,8,14-16,27H,2,7,9-13,17-18H2/t27-/m0/s1. The maximum absolute atomic E-state index is 14.1. The van der Waals surface area contributed by atoms with Crippen LogP contribution < -0.4 is 9.47 Å². The fourth-order valence-electron chi connectivity index (χ4n) is 5.46. The maximum Gasteiger partial charge on any atom is 0.254 e. The van der Waals surface area contributed by atoms with Crippen LogP contribution in [-0.4, -0.2) is 72.6 Å². The number of thiophene rings is 1. The van der Waals surface area contributed by atoms with Gasteiger partial charge < -0.3 is 19.3 Å². The Morgan fingerprint density at radius 3 is 2.68 bits per heavy atom. The van der Waals surface area contributed by atoms with Gasteiger partial charge in [0.05, 0.1) is 12.6 Å². The van der Waals surface area contributed by atoms with Crippen molar-refractivity contribution in [3.8, 4) is 11.5 Å². The number of carbonyl (C=O) groups excluding carboxylic acids is 2. The average Bonchev–Trinajstić information content (AvgIpc) is 3.51. The second-order valence-corrected chi connectivity index (χ2v) is 10.6. The number of rotatable bonds is 4. The molecule has 0 radical (unpaired) electrons. The highest BCUT2D eigenvalue weighted by Crippen LogP contribution is 2.38. The number of nitrogens with zero attached hydrogens (tertiary/aromatic N) is 3. The molecule has 0 N–H and O–H groups in total. The molecule has 1 fully saturated rings. The summed E-state index contributed by atoms with van der Waals surface area (Å²) in [5.41, 5.74) is 2.58. The Labute approximate surface area is 219 Å². The quantitative estimate of drug-likeness (QED) is 0.521. The van der Waals surface area contributed by atoms with Gasteiger partial charge in [-0.15, -0.1) is 11.3 Å². The van der Waals surface area contributed by atoms with E-state index in [1.54, 1.807) is 46.6 Å². The Balaban J connectivity index is 1.13. The third kappa shape index (κ3) is 4.81. The topological polar surface area (TPSA) is 62.3 Å². The summed E-state index contributed by atoms with van der Waals surface area (Å²) in [6, 6.07) is 13.9. The van der Waals surface area contributed by atoms with Gasteiger partial charge in [-0.1, -0.05) is 12.1 Å². The monoisotopic (exact) mass is 521 g/mol. The zero-order valence-electron chi connectivity index (χ0n) is 20.4. The highest BCUT2D eigenvalue weighted by atomic mass is 32.1. The summed E-state index contributed by atoms with van der Waals surface area (Å²) in [5, 5.41) is 2.07. The SMILES string of the molecule is O=C(CN1CCc2sccc2[C@@H]1c1cccc(F)c1)N1CCCN(C(=O)c2ccc3c(c2)OCO3)CC1. The van der Waals surface area contributed by atoms with Gasteiger partial charge in [0.1, 0.15) is 5.82 Å². The highest BCUT2D eigenvalue weighted by Gasteiger charge is 2.33. The van der Waals surface area contributed by atoms with E-state index in [2.05, 4.69) is 16.3 Å². The zero-order valence-corrected chi connectivity index (χ0v) is 21.2. The number of hydrogen-bond acceptors (Lipinski definition) is 6. The number of halogens is 1. The maximum atomic E-state index is 14.1. The van der Waals surface area contributed by atoms with Gasteiger partial charge in [-0.25, -0.2) is 4.39 Å². The van der Waals surface area contributed by atoms with Crippen LogP contribution in [0.2, 0.25) is 0 Å². The molecule has 0 spiro atoms. The molecule has 0 aliphatic carbocycles. The normalized spacial score (nSPS) is 19.4. The Morgan fingerprint density at radius 1 is 0.946 bits per heavy atom. The van der Waals surface area contributed by atoms with Gasteiger partial charge in [-0.3, -0.25) is 14.5 Å². The first-order valence-corrected chi connectivity index (χ1v) is 13.5. The molecular formula is C28H28FN3O4S. The average molecular weight is 522 g/mol. The van der Waals surface area contributed by atoms with Gasteiger partial charge in [-0.05, 0) is 65.7 Å². The van der Waals surface area contributed by atoms with Crippen molar-refractivity contribution in [3.63, 3.8) is 0 Å². The lowest BCUT2D eigenvalue weighted by Gasteiger charge is -2.37. The summed E-state index contributed by atoms with van der Waals surface area (Å²) < 4.78 is 24.9. The van der Waals surface area contributed by atoms with Crippen molar-refractivity contribution in [2.24, 2.45) is 0 Å². The molecule has 0 unspecified atom stereocenters. The minimum Gasteiger partial charge on any atom is -0.454 e. The van der Waals surface area contributed by atoms with E-state index in [1.807, 2.05) is 11.0 Å². The molecule has 37 heavy (non-hydrogen) atoms. The molecule has 2 aromatic carbocycles. The Morgan fingerprint density at radius 2 is 1.78 bits per heavy atom. The second kappa shape index (κ2) is 10.1. The van der Waals surface area contributed by atoms with Crippen molar-refractivity contribution in [3.05, 3.63) is 81.3 Å². The van der Waals surface area contributed by atoms with Gasteiger partial charge in [0.2, 0.25) is 12.7 Å². The predicted octanol–water partition coefficient (Wildman–Crippen LogP) is 3.94. The van der Waals surface area contributed by atoms with Crippen molar-refractivity contribution in [2.75, 3.05) is 46.1 Å². The molecule has 2 amide bonds. The summed E-state index contributed by atoms with van der Waals surface area (Å²) in [6.45, 7) is 3.31. The lowest BCUT2D eigenvalue weighted by atomic mass is 9.93. The number of amides is 2. The molecule has 9 heteroatoms. The Kier molecular flexibility index (Phi) is 6.56. The molecule has 4 heterocycles. The van der Waals surface area contributed by atoms with E-state index < -0.39 is 0 Å². The van der Waals surface area contributed by atoms with E-state index in [4.69, 9.17) is 9.47 Å². The fraction of sp³-hybridized carbons (Fsp3) is 0.357. The zero-order chi connectivity index (χ0) is 25.4. The number of carbonyl (C=O) groups is 2. The molecular weight excluding hydrogens is 493 g/mol. The van der Waals surface area contributed by atoms with E-state index in [9.17, 15) is 14.0 Å². The van der Waals surface area contributed by atoms with Gasteiger partial charge in [-0.2, -0.15) is 0 Å². The minimum atomic E-state index is -0.272. The van der Waals surface area contributed by atoms with Crippen molar-refractivity contribution in [1.29, 1.82) is 0 Å². The van der Waals surface area contributed by atoms with E-state index in [0.717, 1.165) is 24.1 Å². The van der Waals surface area contributed by atoms with E-state index in [0.29, 0.717) is 49.7 Å². The lowest BCUT2D eigenvalue weighted by Crippen LogP contribution is -2.45. The predicted molar refractivity (Wildman–Crippen MR) is 138 cm³/mol. The van der Waals surface area contributed by atoms with Crippen LogP contribution >= 0.6 is 11.3 Å². The van der Waals surface area contributed by atoms with Crippen molar-refractivity contribution in [1.82, 2.24) is 14.7 Å². The summed E-state index contributed by atoms with van der Waals surface area (Å²) in [6.07, 6.45) is 1.59. The van der Waals surface area contributed by atoms with Crippen LogP contribution in [-0.2, 0) is 11.2 Å². The minimum absolute atomic E-state index is 0.0393. The molecule has 7 nitrogen and oxygen atoms in total. The molecule has 1 atom stereocenters. The number of hydrogen-bond donors (Lipinski definition) is 0. The van der Waals surface area contributed by atoms with Gasteiger partial charge in [0, 0.05) is 43.2 Å². The van der Waals surface area contributed by atoms with Crippen molar-refractivity contribution >= 4 is 23.2 Å². The number of fused-ring (bicyclic) bond motifs is 2. The highest BCUT2D eigenvalue weighted by molar-refractivity contribution is 7.10. The van der Waals surface area contributed by atoms with Crippen LogP contribution in [0.1, 0.15) is 38.8 Å². The second-order valence-electron chi connectivity index (χ2n) is 9.57. The lowest BCUT2D eigenvalue weighted by molar-refractivity contribution is -0.132. The molecule has 192 valence electrons. The summed E-state index contributed by atoms with van der Waals surface area (Å²) in [4.78, 5) is 33.7. The van der Waals surface area contributed by atoms with Crippen LogP contribution in [0.4, 0.5) is 4.39 Å². The third-order valence-corrected chi connectivity index (χ3v) is 8.32. The van der Waals surface area contributed by atoms with Gasteiger partial charge in [0.25, 0.3) is 5.91 Å². The van der Waals surface area contributed by atoms with Crippen LogP contribution in [0.3, 0.4) is 0 Å². The van der Waals surface area contributed by atoms with E-state index in [1.165, 1.54) is 10.9 Å². The third-order valence-electron chi connectivity index (χ3n) is 7.32. The first-order chi connectivity index (χ1) is 18.1. The number of ether oxygens (including phenoxy) is 2. The largest absolute Gasteiger partial charge is 0.454 e. The molecule has 3 aromatic rings. The molecule has 3 aliphatic rings. The molecule has 3 aliphatic heterocycles. The summed E-state index contributed by atoms with van der Waals surface area (Å²) in [5.74, 6) is 0.928. The van der Waals surface area contributed by atoms with Crippen LogP contribution in [0.25, 0.3) is 0 Å². The van der Waals surface area contributed by atoms with Crippen LogP contribution in [0, 0.1) is 5.82 Å². The van der Waals surface area contributed by atoms with E-state index >= 15 is 0 Å². The molecule has 0 bridgehead atoms. The first kappa shape index (κ1) is 23.9. The summed E-state index contributed by atoms with van der Waals surface area (Å²) >= 11 is 1.72. The number of benzene rings is 2. The van der Waals surface area contributed by atoms with Gasteiger partial charge >= 0.3 is 0 Å². The Hall–Kier alpha value is -3.43. The molecule has 1 saturated heterocycles. The van der Waals surface area contributed by atoms with Crippen molar-refractivity contribution < 1.29 is 23.5 Å². The molecule has 1 aromatic heterocycles. The van der Waals surface area contributed by atoms with Crippen molar-refractivity contribution in [2.45, 2.75) is 18.9 Å². The van der Waals surface area contributed by atoms with Crippen LogP contribution in [0.5, 0.6) is 11.5 Å². The summed E-state index contributed by atoms with van der Waals surface area (Å²) in [7, 11) is 0. The fourth-order valence-corrected chi connectivity index (χ4v) is 6.37. The van der Waals surface area contributed by atoms with E-state index in [-0.39, 0.29) is 37.0 Å². The van der Waals surface area contributed by atoms with Gasteiger partial charge in [0.15, 0.2) is 11.5 Å². The first-order valence-electron chi connectivity index (χ1n) is 12.6. The van der Waals surface area contributed by atoms with Crippen LogP contribution in [0.15, 0.2) is 53.9 Å².